The Bertz CT molecular complexity index is 538. The lowest BCUT2D eigenvalue weighted by Crippen LogP contribution is -2.43. The Hall–Kier alpha value is -1.20. The predicted molar refractivity (Wildman–Crippen MR) is 106 cm³/mol. The molecule has 1 unspecified atom stereocenters. The van der Waals surface area contributed by atoms with Gasteiger partial charge in [-0.15, -0.1) is 0 Å². The second-order valence-electron chi connectivity index (χ2n) is 6.78. The van der Waals surface area contributed by atoms with Crippen LogP contribution in [-0.2, 0) is 11.2 Å². The van der Waals surface area contributed by atoms with Crippen molar-refractivity contribution >= 4 is 17.7 Å². The molecule has 0 N–H and O–H groups in total. The maximum Gasteiger partial charge on any atom is 0.232 e. The van der Waals surface area contributed by atoms with Crippen molar-refractivity contribution in [2.45, 2.75) is 26.2 Å². The summed E-state index contributed by atoms with van der Waals surface area (Å²) in [5, 5.41) is 0. The number of nitrogens with zero attached hydrogens (tertiary/aromatic N) is 2. The average Bonchev–Trinajstić information content (AvgIpc) is 2.65. The molecule has 0 radical (unpaired) electrons. The number of amides is 1. The molecular weight excluding hydrogens is 332 g/mol. The molecule has 1 saturated heterocycles. The van der Waals surface area contributed by atoms with E-state index in [1.165, 1.54) is 24.9 Å². The Kier molecular flexibility index (Phi) is 8.62. The number of ether oxygens (including phenoxy) is 1. The summed E-state index contributed by atoms with van der Waals surface area (Å²) in [5.41, 5.74) is 1.33. The van der Waals surface area contributed by atoms with Gasteiger partial charge in [0.2, 0.25) is 5.91 Å². The molecule has 4 nitrogen and oxygen atoms in total. The first kappa shape index (κ1) is 20.1. The van der Waals surface area contributed by atoms with Gasteiger partial charge in [-0.1, -0.05) is 12.1 Å². The quantitative estimate of drug-likeness (QED) is 0.674. The molecule has 1 heterocycles. The van der Waals surface area contributed by atoms with Gasteiger partial charge in [0.1, 0.15) is 5.75 Å². The lowest BCUT2D eigenvalue weighted by Gasteiger charge is -2.35. The summed E-state index contributed by atoms with van der Waals surface area (Å²) in [6.45, 7) is 7.17. The van der Waals surface area contributed by atoms with E-state index < -0.39 is 0 Å². The summed E-state index contributed by atoms with van der Waals surface area (Å²) in [4.78, 5) is 16.8. The fraction of sp³-hybridized carbons (Fsp3) is 0.650. The lowest BCUT2D eigenvalue weighted by atomic mass is 9.97. The second kappa shape index (κ2) is 10.7. The fourth-order valence-corrected chi connectivity index (χ4v) is 3.98. The highest BCUT2D eigenvalue weighted by Gasteiger charge is 2.23. The van der Waals surface area contributed by atoms with Crippen molar-refractivity contribution in [2.75, 3.05) is 51.8 Å². The molecule has 0 saturated carbocycles. The molecule has 0 aromatic heterocycles. The van der Waals surface area contributed by atoms with Crippen LogP contribution in [0.5, 0.6) is 5.75 Å². The number of piperidine rings is 1. The van der Waals surface area contributed by atoms with Gasteiger partial charge in [0, 0.05) is 26.2 Å². The van der Waals surface area contributed by atoms with Crippen LogP contribution in [0, 0.1) is 5.92 Å². The van der Waals surface area contributed by atoms with Crippen molar-refractivity contribution < 1.29 is 9.53 Å². The molecule has 1 aliphatic heterocycles. The van der Waals surface area contributed by atoms with Crippen molar-refractivity contribution in [2.24, 2.45) is 5.92 Å². The van der Waals surface area contributed by atoms with Crippen LogP contribution >= 0.6 is 11.8 Å². The standard InChI is InChI=1S/C20H32N2O2S/c1-4-22(20(23)16-25-3)15-18-8-6-11-21(14-18)12-10-17-7-5-9-19(13-17)24-2/h5,7,9,13,18H,4,6,8,10-12,14-16H2,1-3H3. The number of hydrogen-bond acceptors (Lipinski definition) is 4. The molecule has 1 atom stereocenters. The van der Waals surface area contributed by atoms with Gasteiger partial charge in [0.05, 0.1) is 12.9 Å². The van der Waals surface area contributed by atoms with Gasteiger partial charge >= 0.3 is 0 Å². The number of benzene rings is 1. The molecule has 1 aromatic rings. The number of thioether (sulfide) groups is 1. The van der Waals surface area contributed by atoms with Crippen LogP contribution in [-0.4, -0.2) is 67.5 Å². The van der Waals surface area contributed by atoms with E-state index in [9.17, 15) is 4.79 Å². The van der Waals surface area contributed by atoms with Crippen LogP contribution in [0.1, 0.15) is 25.3 Å². The molecule has 1 aliphatic rings. The van der Waals surface area contributed by atoms with Crippen LogP contribution in [0.25, 0.3) is 0 Å². The van der Waals surface area contributed by atoms with Crippen LogP contribution in [0.4, 0.5) is 0 Å². The minimum atomic E-state index is 0.281. The third kappa shape index (κ3) is 6.55. The first-order chi connectivity index (χ1) is 12.2. The zero-order valence-electron chi connectivity index (χ0n) is 15.9. The van der Waals surface area contributed by atoms with E-state index in [2.05, 4.69) is 30.0 Å². The van der Waals surface area contributed by atoms with E-state index in [1.54, 1.807) is 18.9 Å². The number of carbonyl (C=O) groups excluding carboxylic acids is 1. The molecule has 1 fully saturated rings. The fourth-order valence-electron chi connectivity index (χ4n) is 3.55. The van der Waals surface area contributed by atoms with Gasteiger partial charge in [0.25, 0.3) is 0 Å². The molecule has 1 amide bonds. The van der Waals surface area contributed by atoms with E-state index in [4.69, 9.17) is 4.74 Å². The number of carbonyl (C=O) groups is 1. The van der Waals surface area contributed by atoms with Crippen molar-refractivity contribution in [1.29, 1.82) is 0 Å². The van der Waals surface area contributed by atoms with Crippen molar-refractivity contribution in [3.8, 4) is 5.75 Å². The summed E-state index contributed by atoms with van der Waals surface area (Å²) in [6.07, 6.45) is 5.51. The Balaban J connectivity index is 1.82. The first-order valence-electron chi connectivity index (χ1n) is 9.28. The maximum atomic E-state index is 12.2. The normalized spacial score (nSPS) is 18.1. The Morgan fingerprint density at radius 1 is 1.44 bits per heavy atom. The molecular formula is C20H32N2O2S. The minimum Gasteiger partial charge on any atom is -0.497 e. The number of methoxy groups -OCH3 is 1. The third-order valence-electron chi connectivity index (χ3n) is 4.93. The summed E-state index contributed by atoms with van der Waals surface area (Å²) in [6, 6.07) is 8.35. The van der Waals surface area contributed by atoms with Gasteiger partial charge in [-0.05, 0) is 62.6 Å². The van der Waals surface area contributed by atoms with Crippen LogP contribution in [0.3, 0.4) is 0 Å². The molecule has 25 heavy (non-hydrogen) atoms. The highest BCUT2D eigenvalue weighted by molar-refractivity contribution is 7.99. The van der Waals surface area contributed by atoms with E-state index in [1.807, 2.05) is 17.2 Å². The van der Waals surface area contributed by atoms with E-state index in [0.717, 1.165) is 38.3 Å². The van der Waals surface area contributed by atoms with Gasteiger partial charge in [-0.25, -0.2) is 0 Å². The number of likely N-dealkylation sites (tertiary alicyclic amines) is 1. The number of rotatable bonds is 9. The van der Waals surface area contributed by atoms with Crippen LogP contribution in [0.15, 0.2) is 24.3 Å². The van der Waals surface area contributed by atoms with Crippen LogP contribution < -0.4 is 4.74 Å². The number of hydrogen-bond donors (Lipinski definition) is 0. The third-order valence-corrected chi connectivity index (χ3v) is 5.47. The topological polar surface area (TPSA) is 32.8 Å². The van der Waals surface area contributed by atoms with Crippen LogP contribution in [0.2, 0.25) is 0 Å². The van der Waals surface area contributed by atoms with E-state index >= 15 is 0 Å². The second-order valence-corrected chi connectivity index (χ2v) is 7.64. The van der Waals surface area contributed by atoms with E-state index in [-0.39, 0.29) is 5.91 Å². The van der Waals surface area contributed by atoms with Crippen molar-refractivity contribution in [1.82, 2.24) is 9.80 Å². The van der Waals surface area contributed by atoms with Crippen molar-refractivity contribution in [3.63, 3.8) is 0 Å². The average molecular weight is 365 g/mol. The highest BCUT2D eigenvalue weighted by atomic mass is 32.2. The lowest BCUT2D eigenvalue weighted by molar-refractivity contribution is -0.129. The van der Waals surface area contributed by atoms with Gasteiger partial charge < -0.3 is 14.5 Å². The molecule has 140 valence electrons. The largest absolute Gasteiger partial charge is 0.497 e. The Labute approximate surface area is 156 Å². The molecule has 0 spiro atoms. The smallest absolute Gasteiger partial charge is 0.232 e. The maximum absolute atomic E-state index is 12.2. The monoisotopic (exact) mass is 364 g/mol. The molecule has 2 rings (SSSR count). The Morgan fingerprint density at radius 2 is 2.28 bits per heavy atom. The summed E-state index contributed by atoms with van der Waals surface area (Å²) in [5.74, 6) is 2.41. The molecule has 5 heteroatoms. The molecule has 0 aliphatic carbocycles. The summed E-state index contributed by atoms with van der Waals surface area (Å²) < 4.78 is 5.31. The summed E-state index contributed by atoms with van der Waals surface area (Å²) >= 11 is 1.61. The summed E-state index contributed by atoms with van der Waals surface area (Å²) in [7, 11) is 1.71. The zero-order chi connectivity index (χ0) is 18.1. The van der Waals surface area contributed by atoms with Gasteiger partial charge in [-0.3, -0.25) is 4.79 Å². The molecule has 1 aromatic carbocycles. The highest BCUT2D eigenvalue weighted by Crippen LogP contribution is 2.19. The van der Waals surface area contributed by atoms with Gasteiger partial charge in [-0.2, -0.15) is 11.8 Å². The molecule has 0 bridgehead atoms. The first-order valence-corrected chi connectivity index (χ1v) is 10.7. The minimum absolute atomic E-state index is 0.281. The van der Waals surface area contributed by atoms with E-state index in [0.29, 0.717) is 11.7 Å². The SMILES string of the molecule is CCN(CC1CCCN(CCc2cccc(OC)c2)C1)C(=O)CSC. The van der Waals surface area contributed by atoms with Crippen molar-refractivity contribution in [3.05, 3.63) is 29.8 Å². The Morgan fingerprint density at radius 3 is 3.00 bits per heavy atom. The van der Waals surface area contributed by atoms with Gasteiger partial charge in [0.15, 0.2) is 0 Å². The predicted octanol–water partition coefficient (Wildman–Crippen LogP) is 3.16. The zero-order valence-corrected chi connectivity index (χ0v) is 16.7.